The summed E-state index contributed by atoms with van der Waals surface area (Å²) in [6, 6.07) is 0. The first kappa shape index (κ1) is 13.9. The molecule has 2 aliphatic carbocycles. The molecule has 0 radical (unpaired) electrons. The van der Waals surface area contributed by atoms with Crippen molar-refractivity contribution in [3.63, 3.8) is 0 Å². The molecule has 0 bridgehead atoms. The van der Waals surface area contributed by atoms with E-state index in [0.717, 1.165) is 25.7 Å². The van der Waals surface area contributed by atoms with Gasteiger partial charge in [-0.15, -0.1) is 0 Å². The van der Waals surface area contributed by atoms with Gasteiger partial charge in [0.1, 0.15) is 6.10 Å². The van der Waals surface area contributed by atoms with Crippen molar-refractivity contribution in [1.82, 2.24) is 0 Å². The van der Waals surface area contributed by atoms with Gasteiger partial charge in [-0.05, 0) is 38.0 Å². The monoisotopic (exact) mass is 254 g/mol. The van der Waals surface area contributed by atoms with Gasteiger partial charge < -0.3 is 9.47 Å². The fraction of sp³-hybridized carbons (Fsp3) is 0.933. The number of carbonyl (C=O) groups excluding carboxylic acids is 1. The maximum atomic E-state index is 11.9. The topological polar surface area (TPSA) is 35.5 Å². The molecular weight excluding hydrogens is 228 g/mol. The Morgan fingerprint density at radius 1 is 1.00 bits per heavy atom. The van der Waals surface area contributed by atoms with E-state index in [4.69, 9.17) is 9.47 Å². The van der Waals surface area contributed by atoms with Crippen LogP contribution in [0.25, 0.3) is 0 Å². The van der Waals surface area contributed by atoms with Gasteiger partial charge in [0.05, 0.1) is 6.10 Å². The highest BCUT2D eigenvalue weighted by Gasteiger charge is 2.26. The first-order valence-electron chi connectivity index (χ1n) is 7.50. The molecule has 3 nitrogen and oxygen atoms in total. The van der Waals surface area contributed by atoms with Crippen molar-refractivity contribution in [2.45, 2.75) is 76.4 Å². The fourth-order valence-electron chi connectivity index (χ4n) is 3.28. The molecule has 2 aliphatic rings. The van der Waals surface area contributed by atoms with Crippen molar-refractivity contribution < 1.29 is 14.3 Å². The molecule has 18 heavy (non-hydrogen) atoms. The van der Waals surface area contributed by atoms with Crippen molar-refractivity contribution in [1.29, 1.82) is 0 Å². The van der Waals surface area contributed by atoms with Crippen LogP contribution in [0.15, 0.2) is 0 Å². The SMILES string of the molecule is COC1CCCC(OC(=O)CC2CCCCC2)C1. The van der Waals surface area contributed by atoms with E-state index in [-0.39, 0.29) is 18.2 Å². The molecule has 0 heterocycles. The summed E-state index contributed by atoms with van der Waals surface area (Å²) >= 11 is 0. The van der Waals surface area contributed by atoms with Gasteiger partial charge in [0.2, 0.25) is 0 Å². The number of hydrogen-bond donors (Lipinski definition) is 0. The van der Waals surface area contributed by atoms with Crippen LogP contribution in [0, 0.1) is 5.92 Å². The van der Waals surface area contributed by atoms with Crippen LogP contribution in [0.1, 0.15) is 64.2 Å². The van der Waals surface area contributed by atoms with Gasteiger partial charge in [0.25, 0.3) is 0 Å². The van der Waals surface area contributed by atoms with Crippen molar-refractivity contribution in [2.24, 2.45) is 5.92 Å². The van der Waals surface area contributed by atoms with E-state index in [2.05, 4.69) is 0 Å². The standard InChI is InChI=1S/C15H26O3/c1-17-13-8-5-9-14(11-13)18-15(16)10-12-6-3-2-4-7-12/h12-14H,2-11H2,1H3. The predicted molar refractivity (Wildman–Crippen MR) is 70.3 cm³/mol. The quantitative estimate of drug-likeness (QED) is 0.721. The second kappa shape index (κ2) is 7.13. The van der Waals surface area contributed by atoms with Gasteiger partial charge in [-0.2, -0.15) is 0 Å². The summed E-state index contributed by atoms with van der Waals surface area (Å²) in [7, 11) is 1.75. The highest BCUT2D eigenvalue weighted by Crippen LogP contribution is 2.28. The minimum absolute atomic E-state index is 0.0173. The van der Waals surface area contributed by atoms with E-state index in [1.54, 1.807) is 7.11 Å². The number of rotatable bonds is 4. The first-order chi connectivity index (χ1) is 8.78. The van der Waals surface area contributed by atoms with Crippen LogP contribution in [0.4, 0.5) is 0 Å². The molecule has 0 N–H and O–H groups in total. The van der Waals surface area contributed by atoms with Crippen LogP contribution < -0.4 is 0 Å². The van der Waals surface area contributed by atoms with E-state index < -0.39 is 0 Å². The molecule has 2 unspecified atom stereocenters. The molecule has 2 rings (SSSR count). The summed E-state index contributed by atoms with van der Waals surface area (Å²) in [5.41, 5.74) is 0. The largest absolute Gasteiger partial charge is 0.462 e. The predicted octanol–water partition coefficient (Wildman–Crippen LogP) is 3.46. The maximum Gasteiger partial charge on any atom is 0.306 e. The third-order valence-corrected chi connectivity index (χ3v) is 4.39. The molecule has 0 amide bonds. The third kappa shape index (κ3) is 4.27. The molecule has 0 spiro atoms. The van der Waals surface area contributed by atoms with E-state index in [1.165, 1.54) is 32.1 Å². The highest BCUT2D eigenvalue weighted by atomic mass is 16.5. The number of carbonyl (C=O) groups is 1. The molecule has 3 heteroatoms. The molecule has 2 saturated carbocycles. The summed E-state index contributed by atoms with van der Waals surface area (Å²) in [6.45, 7) is 0. The Hall–Kier alpha value is -0.570. The molecule has 2 atom stereocenters. The van der Waals surface area contributed by atoms with Crippen molar-refractivity contribution in [3.05, 3.63) is 0 Å². The van der Waals surface area contributed by atoms with E-state index in [0.29, 0.717) is 12.3 Å². The summed E-state index contributed by atoms with van der Waals surface area (Å²) in [6.07, 6.45) is 11.4. The summed E-state index contributed by atoms with van der Waals surface area (Å²) in [5, 5.41) is 0. The Kier molecular flexibility index (Phi) is 5.48. The molecule has 0 saturated heterocycles. The minimum atomic E-state index is 0.0173. The summed E-state index contributed by atoms with van der Waals surface area (Å²) < 4.78 is 11.0. The number of ether oxygens (including phenoxy) is 2. The van der Waals surface area contributed by atoms with Crippen LogP contribution in [0.5, 0.6) is 0 Å². The number of methoxy groups -OCH3 is 1. The average molecular weight is 254 g/mol. The Bertz CT molecular complexity index is 258. The zero-order valence-corrected chi connectivity index (χ0v) is 11.5. The lowest BCUT2D eigenvalue weighted by Crippen LogP contribution is -2.30. The van der Waals surface area contributed by atoms with Crippen LogP contribution in [0.2, 0.25) is 0 Å². The van der Waals surface area contributed by atoms with Crippen LogP contribution in [-0.2, 0) is 14.3 Å². The summed E-state index contributed by atoms with van der Waals surface area (Å²) in [5.74, 6) is 0.594. The molecule has 0 aliphatic heterocycles. The minimum Gasteiger partial charge on any atom is -0.462 e. The van der Waals surface area contributed by atoms with Crippen molar-refractivity contribution in [2.75, 3.05) is 7.11 Å². The van der Waals surface area contributed by atoms with E-state index in [9.17, 15) is 4.79 Å². The first-order valence-corrected chi connectivity index (χ1v) is 7.50. The third-order valence-electron chi connectivity index (χ3n) is 4.39. The molecule has 104 valence electrons. The lowest BCUT2D eigenvalue weighted by molar-refractivity contribution is -0.154. The lowest BCUT2D eigenvalue weighted by atomic mass is 9.87. The van der Waals surface area contributed by atoms with E-state index >= 15 is 0 Å². The van der Waals surface area contributed by atoms with Crippen LogP contribution in [-0.4, -0.2) is 25.3 Å². The van der Waals surface area contributed by atoms with Crippen LogP contribution >= 0.6 is 0 Å². The fourth-order valence-corrected chi connectivity index (χ4v) is 3.28. The van der Waals surface area contributed by atoms with Crippen molar-refractivity contribution in [3.8, 4) is 0 Å². The van der Waals surface area contributed by atoms with Gasteiger partial charge >= 0.3 is 5.97 Å². The maximum absolute atomic E-state index is 11.9. The van der Waals surface area contributed by atoms with Crippen molar-refractivity contribution >= 4 is 5.97 Å². The smallest absolute Gasteiger partial charge is 0.306 e. The zero-order chi connectivity index (χ0) is 12.8. The second-order valence-corrected chi connectivity index (χ2v) is 5.84. The van der Waals surface area contributed by atoms with Gasteiger partial charge in [-0.1, -0.05) is 19.3 Å². The zero-order valence-electron chi connectivity index (χ0n) is 11.5. The van der Waals surface area contributed by atoms with Gasteiger partial charge in [0.15, 0.2) is 0 Å². The highest BCUT2D eigenvalue weighted by molar-refractivity contribution is 5.69. The number of esters is 1. The lowest BCUT2D eigenvalue weighted by Gasteiger charge is -2.28. The Balaban J connectivity index is 1.69. The van der Waals surface area contributed by atoms with Gasteiger partial charge in [-0.3, -0.25) is 4.79 Å². The second-order valence-electron chi connectivity index (χ2n) is 5.84. The molecule has 0 aromatic carbocycles. The van der Waals surface area contributed by atoms with Crippen LogP contribution in [0.3, 0.4) is 0 Å². The number of hydrogen-bond acceptors (Lipinski definition) is 3. The summed E-state index contributed by atoms with van der Waals surface area (Å²) in [4.78, 5) is 11.9. The normalized spacial score (nSPS) is 30.1. The molecular formula is C15H26O3. The average Bonchev–Trinajstić information content (AvgIpc) is 2.40. The molecule has 0 aromatic heterocycles. The Morgan fingerprint density at radius 2 is 1.72 bits per heavy atom. The van der Waals surface area contributed by atoms with E-state index in [1.807, 2.05) is 0 Å². The Morgan fingerprint density at radius 3 is 2.44 bits per heavy atom. The molecule has 0 aromatic rings. The van der Waals surface area contributed by atoms with Gasteiger partial charge in [-0.25, -0.2) is 0 Å². The van der Waals surface area contributed by atoms with Gasteiger partial charge in [0, 0.05) is 20.0 Å². The Labute approximate surface area is 110 Å². The molecule has 2 fully saturated rings.